The molecule has 0 spiro atoms. The third-order valence-corrected chi connectivity index (χ3v) is 4.52. The molecular formula is C15H22FN3S. The van der Waals surface area contributed by atoms with Crippen LogP contribution in [0.5, 0.6) is 0 Å². The smallest absolute Gasteiger partial charge is 0.191 e. The predicted octanol–water partition coefficient (Wildman–Crippen LogP) is 2.47. The Morgan fingerprint density at radius 3 is 2.75 bits per heavy atom. The van der Waals surface area contributed by atoms with Crippen LogP contribution in [0, 0.1) is 5.82 Å². The third kappa shape index (κ3) is 3.88. The molecule has 0 bridgehead atoms. The normalized spacial score (nSPS) is 17.4. The molecule has 0 unspecified atom stereocenters. The van der Waals surface area contributed by atoms with E-state index in [-0.39, 0.29) is 11.2 Å². The lowest BCUT2D eigenvalue weighted by molar-refractivity contribution is 0.449. The number of aliphatic imine (C=N–C) groups is 1. The van der Waals surface area contributed by atoms with Crippen LogP contribution in [0.25, 0.3) is 0 Å². The molecule has 0 saturated carbocycles. The van der Waals surface area contributed by atoms with Gasteiger partial charge in [-0.25, -0.2) is 4.39 Å². The SMILES string of the molecule is CC(C)(CN=C(N)N1CCSCC1)c1cccc(F)c1. The lowest BCUT2D eigenvalue weighted by atomic mass is 9.85. The number of benzene rings is 1. The molecule has 2 rings (SSSR count). The molecule has 3 nitrogen and oxygen atoms in total. The molecule has 2 N–H and O–H groups in total. The monoisotopic (exact) mass is 295 g/mol. The lowest BCUT2D eigenvalue weighted by Crippen LogP contribution is -2.43. The van der Waals surface area contributed by atoms with Crippen LogP contribution in [0.1, 0.15) is 19.4 Å². The molecule has 1 aliphatic heterocycles. The molecule has 0 atom stereocenters. The van der Waals surface area contributed by atoms with E-state index in [0.717, 1.165) is 30.2 Å². The third-order valence-electron chi connectivity index (χ3n) is 3.58. The second kappa shape index (κ2) is 6.48. The number of hydrogen-bond acceptors (Lipinski definition) is 2. The molecular weight excluding hydrogens is 273 g/mol. The average Bonchev–Trinajstić information content (AvgIpc) is 2.46. The number of hydrogen-bond donors (Lipinski definition) is 1. The molecule has 0 aromatic heterocycles. The first-order chi connectivity index (χ1) is 9.49. The van der Waals surface area contributed by atoms with E-state index in [4.69, 9.17) is 5.73 Å². The van der Waals surface area contributed by atoms with Gasteiger partial charge in [-0.2, -0.15) is 11.8 Å². The number of rotatable bonds is 3. The number of nitrogens with two attached hydrogens (primary N) is 1. The van der Waals surface area contributed by atoms with Crippen LogP contribution < -0.4 is 5.73 Å². The van der Waals surface area contributed by atoms with E-state index in [1.807, 2.05) is 17.8 Å². The van der Waals surface area contributed by atoms with Crippen molar-refractivity contribution in [1.82, 2.24) is 4.90 Å². The summed E-state index contributed by atoms with van der Waals surface area (Å²) < 4.78 is 13.3. The van der Waals surface area contributed by atoms with Gasteiger partial charge < -0.3 is 10.6 Å². The molecule has 1 aromatic carbocycles. The maximum absolute atomic E-state index is 13.3. The largest absolute Gasteiger partial charge is 0.370 e. The van der Waals surface area contributed by atoms with Crippen LogP contribution in [0.3, 0.4) is 0 Å². The van der Waals surface area contributed by atoms with Crippen molar-refractivity contribution < 1.29 is 4.39 Å². The Balaban J connectivity index is 2.04. The van der Waals surface area contributed by atoms with Crippen LogP contribution in [0.2, 0.25) is 0 Å². The number of thioether (sulfide) groups is 1. The van der Waals surface area contributed by atoms with Gasteiger partial charge in [-0.05, 0) is 17.7 Å². The van der Waals surface area contributed by atoms with Crippen LogP contribution in [-0.4, -0.2) is 42.0 Å². The summed E-state index contributed by atoms with van der Waals surface area (Å²) in [6.45, 7) is 6.60. The Morgan fingerprint density at radius 2 is 2.10 bits per heavy atom. The minimum absolute atomic E-state index is 0.208. The summed E-state index contributed by atoms with van der Waals surface area (Å²) in [4.78, 5) is 6.64. The molecule has 0 aliphatic carbocycles. The van der Waals surface area contributed by atoms with Crippen molar-refractivity contribution in [3.8, 4) is 0 Å². The van der Waals surface area contributed by atoms with E-state index in [1.165, 1.54) is 6.07 Å². The number of halogens is 1. The fraction of sp³-hybridized carbons (Fsp3) is 0.533. The van der Waals surface area contributed by atoms with E-state index in [9.17, 15) is 4.39 Å². The molecule has 0 radical (unpaired) electrons. The maximum Gasteiger partial charge on any atom is 0.191 e. The van der Waals surface area contributed by atoms with Gasteiger partial charge >= 0.3 is 0 Å². The van der Waals surface area contributed by atoms with Crippen LogP contribution in [0.4, 0.5) is 4.39 Å². The molecule has 110 valence electrons. The van der Waals surface area contributed by atoms with Gasteiger partial charge in [-0.1, -0.05) is 26.0 Å². The van der Waals surface area contributed by atoms with Crippen molar-refractivity contribution in [2.75, 3.05) is 31.1 Å². The first kappa shape index (κ1) is 15.2. The van der Waals surface area contributed by atoms with Gasteiger partial charge in [0, 0.05) is 30.0 Å². The van der Waals surface area contributed by atoms with Gasteiger partial charge in [0.05, 0.1) is 6.54 Å². The minimum Gasteiger partial charge on any atom is -0.370 e. The summed E-state index contributed by atoms with van der Waals surface area (Å²) in [5.41, 5.74) is 6.78. The highest BCUT2D eigenvalue weighted by Crippen LogP contribution is 2.24. The van der Waals surface area contributed by atoms with E-state index >= 15 is 0 Å². The summed E-state index contributed by atoms with van der Waals surface area (Å²) in [7, 11) is 0. The van der Waals surface area contributed by atoms with Crippen molar-refractivity contribution in [2.45, 2.75) is 19.3 Å². The van der Waals surface area contributed by atoms with Crippen molar-refractivity contribution in [3.63, 3.8) is 0 Å². The highest BCUT2D eigenvalue weighted by atomic mass is 32.2. The number of nitrogens with zero attached hydrogens (tertiary/aromatic N) is 2. The summed E-state index contributed by atoms with van der Waals surface area (Å²) in [5.74, 6) is 2.60. The topological polar surface area (TPSA) is 41.6 Å². The zero-order valence-corrected chi connectivity index (χ0v) is 12.9. The second-order valence-electron chi connectivity index (χ2n) is 5.67. The molecule has 20 heavy (non-hydrogen) atoms. The fourth-order valence-electron chi connectivity index (χ4n) is 2.17. The van der Waals surface area contributed by atoms with Crippen molar-refractivity contribution in [1.29, 1.82) is 0 Å². The fourth-order valence-corrected chi connectivity index (χ4v) is 3.07. The Bertz CT molecular complexity index is 482. The van der Waals surface area contributed by atoms with Gasteiger partial charge in [-0.15, -0.1) is 0 Å². The van der Waals surface area contributed by atoms with E-state index in [0.29, 0.717) is 12.5 Å². The molecule has 1 aliphatic rings. The molecule has 5 heteroatoms. The Kier molecular flexibility index (Phi) is 4.91. The highest BCUT2D eigenvalue weighted by Gasteiger charge is 2.21. The summed E-state index contributed by atoms with van der Waals surface area (Å²) >= 11 is 1.94. The Morgan fingerprint density at radius 1 is 1.40 bits per heavy atom. The maximum atomic E-state index is 13.3. The Hall–Kier alpha value is -1.23. The van der Waals surface area contributed by atoms with E-state index < -0.39 is 0 Å². The second-order valence-corrected chi connectivity index (χ2v) is 6.89. The van der Waals surface area contributed by atoms with Crippen LogP contribution in [-0.2, 0) is 5.41 Å². The van der Waals surface area contributed by atoms with Gasteiger partial charge in [0.15, 0.2) is 5.96 Å². The molecule has 1 heterocycles. The summed E-state index contributed by atoms with van der Waals surface area (Å²) in [5, 5.41) is 0. The van der Waals surface area contributed by atoms with Gasteiger partial charge in [-0.3, -0.25) is 4.99 Å². The molecule has 0 amide bonds. The average molecular weight is 295 g/mol. The van der Waals surface area contributed by atoms with Crippen molar-refractivity contribution in [2.24, 2.45) is 10.7 Å². The van der Waals surface area contributed by atoms with Crippen molar-refractivity contribution >= 4 is 17.7 Å². The van der Waals surface area contributed by atoms with Crippen LogP contribution in [0.15, 0.2) is 29.3 Å². The zero-order chi connectivity index (χ0) is 14.6. The van der Waals surface area contributed by atoms with Crippen LogP contribution >= 0.6 is 11.8 Å². The molecule has 1 aromatic rings. The number of guanidine groups is 1. The molecule has 1 fully saturated rings. The van der Waals surface area contributed by atoms with Crippen molar-refractivity contribution in [3.05, 3.63) is 35.6 Å². The first-order valence-electron chi connectivity index (χ1n) is 6.88. The summed E-state index contributed by atoms with van der Waals surface area (Å²) in [6, 6.07) is 6.71. The summed E-state index contributed by atoms with van der Waals surface area (Å²) in [6.07, 6.45) is 0. The van der Waals surface area contributed by atoms with Gasteiger partial charge in [0.2, 0.25) is 0 Å². The standard InChI is InChI=1S/C15H22FN3S/c1-15(2,12-4-3-5-13(16)10-12)11-18-14(17)19-6-8-20-9-7-19/h3-5,10H,6-9,11H2,1-2H3,(H2,17,18). The Labute approximate surface area is 124 Å². The van der Waals surface area contributed by atoms with Gasteiger partial charge in [0.1, 0.15) is 5.82 Å². The van der Waals surface area contributed by atoms with E-state index in [2.05, 4.69) is 23.7 Å². The van der Waals surface area contributed by atoms with E-state index in [1.54, 1.807) is 12.1 Å². The highest BCUT2D eigenvalue weighted by molar-refractivity contribution is 7.99. The lowest BCUT2D eigenvalue weighted by Gasteiger charge is -2.29. The minimum atomic E-state index is -0.225. The zero-order valence-electron chi connectivity index (χ0n) is 12.1. The van der Waals surface area contributed by atoms with Gasteiger partial charge in [0.25, 0.3) is 0 Å². The quantitative estimate of drug-likeness (QED) is 0.688. The first-order valence-corrected chi connectivity index (χ1v) is 8.03. The molecule has 1 saturated heterocycles. The predicted molar refractivity (Wildman–Crippen MR) is 84.8 cm³/mol.